The number of aromatic nitrogens is 2. The average Bonchev–Trinajstić information content (AvgIpc) is 3.13. The lowest BCUT2D eigenvalue weighted by atomic mass is 9.49. The van der Waals surface area contributed by atoms with Crippen LogP contribution in [-0.2, 0) is 11.2 Å². The van der Waals surface area contributed by atoms with Crippen molar-refractivity contribution < 1.29 is 14.7 Å². The zero-order valence-electron chi connectivity index (χ0n) is 18.0. The minimum atomic E-state index is -0.135. The van der Waals surface area contributed by atoms with Crippen LogP contribution in [0.4, 0.5) is 0 Å². The van der Waals surface area contributed by atoms with Crippen LogP contribution >= 0.6 is 0 Å². The van der Waals surface area contributed by atoms with Crippen LogP contribution in [0.25, 0.3) is 5.65 Å². The molecule has 2 amide bonds. The van der Waals surface area contributed by atoms with Gasteiger partial charge in [0, 0.05) is 25.9 Å². The van der Waals surface area contributed by atoms with Gasteiger partial charge in [-0.3, -0.25) is 14.0 Å². The molecule has 4 aliphatic carbocycles. The minimum absolute atomic E-state index is 0.0520. The third-order valence-electron chi connectivity index (χ3n) is 7.56. The van der Waals surface area contributed by atoms with Crippen LogP contribution < -0.4 is 10.6 Å². The highest BCUT2D eigenvalue weighted by atomic mass is 16.3. The third-order valence-corrected chi connectivity index (χ3v) is 7.56. The summed E-state index contributed by atoms with van der Waals surface area (Å²) in [6.07, 6.45) is 10.5. The van der Waals surface area contributed by atoms with E-state index < -0.39 is 0 Å². The van der Waals surface area contributed by atoms with Gasteiger partial charge in [0.1, 0.15) is 11.3 Å². The zero-order valence-corrected chi connectivity index (χ0v) is 18.0. The second kappa shape index (κ2) is 8.26. The number of pyridine rings is 1. The SMILES string of the molecule is O=C(Cc1cn2c(C(=O)NCC34CC5CC(CC(C5)C3)C4)cccc2n1)NCCCO. The maximum atomic E-state index is 13.1. The van der Waals surface area contributed by atoms with Crippen molar-refractivity contribution in [1.29, 1.82) is 0 Å². The molecule has 0 atom stereocenters. The van der Waals surface area contributed by atoms with Crippen LogP contribution in [0.3, 0.4) is 0 Å². The Bertz CT molecular complexity index is 947. The Morgan fingerprint density at radius 1 is 1.10 bits per heavy atom. The normalized spacial score (nSPS) is 28.7. The number of nitrogens with zero attached hydrogens (tertiary/aromatic N) is 2. The number of hydrogen-bond acceptors (Lipinski definition) is 4. The number of carbonyl (C=O) groups excluding carboxylic acids is 2. The van der Waals surface area contributed by atoms with E-state index in [0.717, 1.165) is 24.3 Å². The predicted octanol–water partition coefficient (Wildman–Crippen LogP) is 2.32. The molecule has 0 unspecified atom stereocenters. The first kappa shape index (κ1) is 20.5. The lowest BCUT2D eigenvalue weighted by Crippen LogP contribution is -2.51. The number of aliphatic hydroxyl groups excluding tert-OH is 1. The number of carbonyl (C=O) groups is 2. The number of hydrogen-bond donors (Lipinski definition) is 3. The summed E-state index contributed by atoms with van der Waals surface area (Å²) < 4.78 is 1.78. The summed E-state index contributed by atoms with van der Waals surface area (Å²) in [6.45, 7) is 1.26. The molecule has 166 valence electrons. The summed E-state index contributed by atoms with van der Waals surface area (Å²) in [6, 6.07) is 5.50. The molecule has 7 nitrogen and oxygen atoms in total. The summed E-state index contributed by atoms with van der Waals surface area (Å²) in [5.74, 6) is 2.39. The summed E-state index contributed by atoms with van der Waals surface area (Å²) in [4.78, 5) is 29.7. The predicted molar refractivity (Wildman–Crippen MR) is 117 cm³/mol. The second-order valence-corrected chi connectivity index (χ2v) is 10.1. The zero-order chi connectivity index (χ0) is 21.4. The quantitative estimate of drug-likeness (QED) is 0.567. The van der Waals surface area contributed by atoms with Crippen LogP contribution in [0.1, 0.15) is 61.1 Å². The summed E-state index contributed by atoms with van der Waals surface area (Å²) in [7, 11) is 0. The van der Waals surface area contributed by atoms with E-state index in [9.17, 15) is 9.59 Å². The fraction of sp³-hybridized carbons (Fsp3) is 0.625. The molecule has 4 bridgehead atoms. The Morgan fingerprint density at radius 2 is 1.81 bits per heavy atom. The third kappa shape index (κ3) is 4.20. The molecule has 3 N–H and O–H groups in total. The monoisotopic (exact) mass is 424 g/mol. The van der Waals surface area contributed by atoms with Crippen molar-refractivity contribution in [3.05, 3.63) is 35.8 Å². The largest absolute Gasteiger partial charge is 0.396 e. The van der Waals surface area contributed by atoms with Gasteiger partial charge in [0.2, 0.25) is 5.91 Å². The molecule has 31 heavy (non-hydrogen) atoms. The number of imidazole rings is 1. The molecule has 4 aliphatic rings. The first-order valence-electron chi connectivity index (χ1n) is 11.7. The van der Waals surface area contributed by atoms with Crippen molar-refractivity contribution in [2.45, 2.75) is 51.4 Å². The van der Waals surface area contributed by atoms with Gasteiger partial charge in [0.05, 0.1) is 12.1 Å². The Balaban J connectivity index is 1.26. The Hall–Kier alpha value is -2.41. The van der Waals surface area contributed by atoms with E-state index in [1.54, 1.807) is 10.6 Å². The summed E-state index contributed by atoms with van der Waals surface area (Å²) in [5.41, 5.74) is 2.15. The van der Waals surface area contributed by atoms with Gasteiger partial charge in [0.15, 0.2) is 0 Å². The fourth-order valence-electron chi connectivity index (χ4n) is 6.73. The molecule has 6 rings (SSSR count). The van der Waals surface area contributed by atoms with Crippen molar-refractivity contribution in [3.8, 4) is 0 Å². The summed E-state index contributed by atoms with van der Waals surface area (Å²) >= 11 is 0. The molecule has 2 heterocycles. The second-order valence-electron chi connectivity index (χ2n) is 10.1. The minimum Gasteiger partial charge on any atom is -0.396 e. The lowest BCUT2D eigenvalue weighted by Gasteiger charge is -2.56. The van der Waals surface area contributed by atoms with E-state index in [1.165, 1.54) is 38.5 Å². The molecule has 0 aliphatic heterocycles. The molecular weight excluding hydrogens is 392 g/mol. The first-order valence-corrected chi connectivity index (χ1v) is 11.7. The molecule has 0 spiro atoms. The van der Waals surface area contributed by atoms with Crippen molar-refractivity contribution in [3.63, 3.8) is 0 Å². The van der Waals surface area contributed by atoms with Crippen LogP contribution in [0.15, 0.2) is 24.4 Å². The molecule has 4 fully saturated rings. The van der Waals surface area contributed by atoms with Crippen molar-refractivity contribution in [2.24, 2.45) is 23.2 Å². The maximum Gasteiger partial charge on any atom is 0.268 e. The molecule has 2 aromatic heterocycles. The van der Waals surface area contributed by atoms with Crippen LogP contribution in [0.5, 0.6) is 0 Å². The van der Waals surface area contributed by atoms with E-state index in [-0.39, 0.29) is 24.8 Å². The van der Waals surface area contributed by atoms with E-state index in [4.69, 9.17) is 5.11 Å². The molecule has 0 saturated heterocycles. The Morgan fingerprint density at radius 3 is 2.48 bits per heavy atom. The van der Waals surface area contributed by atoms with Crippen molar-refractivity contribution in [1.82, 2.24) is 20.0 Å². The van der Waals surface area contributed by atoms with Gasteiger partial charge in [-0.05, 0) is 80.2 Å². The van der Waals surface area contributed by atoms with Crippen LogP contribution in [-0.4, -0.2) is 46.0 Å². The molecule has 2 aromatic rings. The molecule has 7 heteroatoms. The molecule has 0 aromatic carbocycles. The fourth-order valence-corrected chi connectivity index (χ4v) is 6.73. The van der Waals surface area contributed by atoms with Gasteiger partial charge in [-0.1, -0.05) is 6.07 Å². The standard InChI is InChI=1S/C24H32N4O3/c29-6-2-5-25-22(30)10-19-14-28-20(3-1-4-21(28)27-19)23(31)26-15-24-11-16-7-17(12-24)9-18(8-16)13-24/h1,3-4,14,16-18,29H,2,5-13,15H2,(H,25,30)(H,26,31). The molecular formula is C24H32N4O3. The lowest BCUT2D eigenvalue weighted by molar-refractivity contribution is -0.120. The Labute approximate surface area is 182 Å². The topological polar surface area (TPSA) is 95.7 Å². The van der Waals surface area contributed by atoms with E-state index >= 15 is 0 Å². The number of aliphatic hydroxyl groups is 1. The van der Waals surface area contributed by atoms with Gasteiger partial charge < -0.3 is 15.7 Å². The highest BCUT2D eigenvalue weighted by Gasteiger charge is 2.50. The Kier molecular flexibility index (Phi) is 5.46. The van der Waals surface area contributed by atoms with E-state index in [0.29, 0.717) is 35.4 Å². The van der Waals surface area contributed by atoms with E-state index in [2.05, 4.69) is 15.6 Å². The average molecular weight is 425 g/mol. The molecule has 4 saturated carbocycles. The van der Waals surface area contributed by atoms with Crippen LogP contribution in [0, 0.1) is 23.2 Å². The van der Waals surface area contributed by atoms with Crippen molar-refractivity contribution >= 4 is 17.5 Å². The van der Waals surface area contributed by atoms with Crippen LogP contribution in [0.2, 0.25) is 0 Å². The molecule has 0 radical (unpaired) electrons. The summed E-state index contributed by atoms with van der Waals surface area (Å²) in [5, 5.41) is 14.8. The van der Waals surface area contributed by atoms with Gasteiger partial charge in [-0.15, -0.1) is 0 Å². The maximum absolute atomic E-state index is 13.1. The van der Waals surface area contributed by atoms with Gasteiger partial charge >= 0.3 is 0 Å². The van der Waals surface area contributed by atoms with Gasteiger partial charge in [0.25, 0.3) is 5.91 Å². The van der Waals surface area contributed by atoms with Gasteiger partial charge in [-0.25, -0.2) is 4.98 Å². The van der Waals surface area contributed by atoms with Gasteiger partial charge in [-0.2, -0.15) is 0 Å². The highest BCUT2D eigenvalue weighted by Crippen LogP contribution is 2.59. The smallest absolute Gasteiger partial charge is 0.268 e. The first-order chi connectivity index (χ1) is 15.0. The number of amides is 2. The number of fused-ring (bicyclic) bond motifs is 1. The number of nitrogens with one attached hydrogen (secondary N) is 2. The van der Waals surface area contributed by atoms with E-state index in [1.807, 2.05) is 18.2 Å². The number of rotatable bonds is 8. The highest BCUT2D eigenvalue weighted by molar-refractivity contribution is 5.93. The van der Waals surface area contributed by atoms with Crippen molar-refractivity contribution in [2.75, 3.05) is 19.7 Å².